The van der Waals surface area contributed by atoms with Crippen molar-refractivity contribution in [1.29, 1.82) is 0 Å². The van der Waals surface area contributed by atoms with Gasteiger partial charge in [-0.3, -0.25) is 0 Å². The molecule has 0 saturated heterocycles. The van der Waals surface area contributed by atoms with Gasteiger partial charge in [0.05, 0.1) is 5.02 Å². The largest absolute Gasteiger partial charge is 0.437 e. The highest BCUT2D eigenvalue weighted by molar-refractivity contribution is 9.10. The van der Waals surface area contributed by atoms with E-state index in [1.807, 2.05) is 19.1 Å². The van der Waals surface area contributed by atoms with Gasteiger partial charge in [-0.2, -0.15) is 4.98 Å². The number of aromatic nitrogens is 2. The Kier molecular flexibility index (Phi) is 4.31. The van der Waals surface area contributed by atoms with Gasteiger partial charge in [0.25, 0.3) is 0 Å². The molecule has 0 unspecified atom stereocenters. The lowest BCUT2D eigenvalue weighted by Crippen LogP contribution is -2.04. The first kappa shape index (κ1) is 14.6. The van der Waals surface area contributed by atoms with Crippen molar-refractivity contribution < 1.29 is 4.74 Å². The summed E-state index contributed by atoms with van der Waals surface area (Å²) in [5.41, 5.74) is 0. The highest BCUT2D eigenvalue weighted by Gasteiger charge is 2.27. The quantitative estimate of drug-likeness (QED) is 0.807. The Bertz CT molecular complexity index is 661. The van der Waals surface area contributed by atoms with Crippen LogP contribution in [0.4, 0.5) is 5.82 Å². The second-order valence-electron chi connectivity index (χ2n) is 4.93. The number of nitrogens with zero attached hydrogens (tertiary/aromatic N) is 2. The minimum atomic E-state index is 0.464. The number of halogens is 2. The van der Waals surface area contributed by atoms with Crippen LogP contribution in [0.5, 0.6) is 11.6 Å². The van der Waals surface area contributed by atoms with Crippen LogP contribution >= 0.6 is 27.5 Å². The van der Waals surface area contributed by atoms with E-state index < -0.39 is 0 Å². The minimum Gasteiger partial charge on any atom is -0.437 e. The maximum Gasteiger partial charge on any atom is 0.224 e. The fraction of sp³-hybridized carbons (Fsp3) is 0.333. The molecule has 1 fully saturated rings. The maximum absolute atomic E-state index is 6.18. The third kappa shape index (κ3) is 3.66. The number of nitrogens with one attached hydrogen (secondary N) is 1. The molecule has 0 amide bonds. The monoisotopic (exact) mass is 367 g/mol. The smallest absolute Gasteiger partial charge is 0.224 e. The van der Waals surface area contributed by atoms with E-state index in [4.69, 9.17) is 16.3 Å². The molecule has 0 atom stereocenters. The molecule has 1 aromatic heterocycles. The lowest BCUT2D eigenvalue weighted by molar-refractivity contribution is 0.459. The van der Waals surface area contributed by atoms with Gasteiger partial charge in [-0.05, 0) is 38.0 Å². The van der Waals surface area contributed by atoms with Crippen LogP contribution in [0, 0.1) is 0 Å². The lowest BCUT2D eigenvalue weighted by atomic mass is 10.3. The molecule has 1 aliphatic rings. The van der Waals surface area contributed by atoms with E-state index in [0.717, 1.165) is 35.5 Å². The molecule has 0 aliphatic heterocycles. The van der Waals surface area contributed by atoms with Crippen LogP contribution in [-0.2, 0) is 0 Å². The number of ether oxygens (including phenoxy) is 1. The van der Waals surface area contributed by atoms with E-state index in [1.165, 1.54) is 0 Å². The first-order valence-electron chi connectivity index (χ1n) is 6.91. The number of hydrogen-bond donors (Lipinski definition) is 1. The summed E-state index contributed by atoms with van der Waals surface area (Å²) in [6.07, 6.45) is 2.29. The summed E-state index contributed by atoms with van der Waals surface area (Å²) < 4.78 is 6.74. The van der Waals surface area contributed by atoms with Gasteiger partial charge < -0.3 is 10.1 Å². The van der Waals surface area contributed by atoms with Crippen molar-refractivity contribution >= 4 is 33.3 Å². The van der Waals surface area contributed by atoms with Crippen molar-refractivity contribution in [2.24, 2.45) is 0 Å². The summed E-state index contributed by atoms with van der Waals surface area (Å²) in [5, 5.41) is 3.75. The van der Waals surface area contributed by atoms with Crippen molar-refractivity contribution in [2.45, 2.75) is 25.7 Å². The molecule has 110 valence electrons. The normalized spacial score (nSPS) is 14.0. The SMILES string of the molecule is CCNc1cc(Oc2ccc(Br)cc2Cl)nc(C2CC2)n1. The van der Waals surface area contributed by atoms with Crippen molar-refractivity contribution in [2.75, 3.05) is 11.9 Å². The first-order chi connectivity index (χ1) is 10.2. The van der Waals surface area contributed by atoms with Crippen molar-refractivity contribution in [1.82, 2.24) is 9.97 Å². The summed E-state index contributed by atoms with van der Waals surface area (Å²) in [4.78, 5) is 9.01. The van der Waals surface area contributed by atoms with Crippen LogP contribution in [0.15, 0.2) is 28.7 Å². The molecule has 3 rings (SSSR count). The van der Waals surface area contributed by atoms with Gasteiger partial charge >= 0.3 is 0 Å². The Morgan fingerprint density at radius 3 is 2.81 bits per heavy atom. The molecular weight excluding hydrogens is 354 g/mol. The molecule has 0 spiro atoms. The third-order valence-corrected chi connectivity index (χ3v) is 3.92. The van der Waals surface area contributed by atoms with Gasteiger partial charge in [0.1, 0.15) is 17.4 Å². The summed E-state index contributed by atoms with van der Waals surface area (Å²) in [5.74, 6) is 3.20. The van der Waals surface area contributed by atoms with Crippen LogP contribution in [0.1, 0.15) is 31.5 Å². The average Bonchev–Trinajstić information content (AvgIpc) is 3.27. The van der Waals surface area contributed by atoms with Gasteiger partial charge in [0, 0.05) is 23.0 Å². The molecule has 1 heterocycles. The van der Waals surface area contributed by atoms with E-state index in [1.54, 1.807) is 12.1 Å². The Morgan fingerprint density at radius 1 is 1.33 bits per heavy atom. The van der Waals surface area contributed by atoms with Crippen molar-refractivity contribution in [3.05, 3.63) is 39.6 Å². The summed E-state index contributed by atoms with van der Waals surface area (Å²) in [7, 11) is 0. The zero-order valence-electron chi connectivity index (χ0n) is 11.6. The highest BCUT2D eigenvalue weighted by atomic mass is 79.9. The van der Waals surface area contributed by atoms with E-state index >= 15 is 0 Å². The van der Waals surface area contributed by atoms with E-state index in [2.05, 4.69) is 31.2 Å². The van der Waals surface area contributed by atoms with Gasteiger partial charge in [-0.15, -0.1) is 0 Å². The van der Waals surface area contributed by atoms with Crippen molar-refractivity contribution in [3.8, 4) is 11.6 Å². The van der Waals surface area contributed by atoms with E-state index in [9.17, 15) is 0 Å². The zero-order chi connectivity index (χ0) is 14.8. The lowest BCUT2D eigenvalue weighted by Gasteiger charge is -2.10. The van der Waals surface area contributed by atoms with Crippen molar-refractivity contribution in [3.63, 3.8) is 0 Å². The second-order valence-corrected chi connectivity index (χ2v) is 6.25. The number of hydrogen-bond acceptors (Lipinski definition) is 4. The zero-order valence-corrected chi connectivity index (χ0v) is 13.9. The van der Waals surface area contributed by atoms with Gasteiger partial charge in [0.15, 0.2) is 0 Å². The maximum atomic E-state index is 6.18. The minimum absolute atomic E-state index is 0.464. The Balaban J connectivity index is 1.89. The Hall–Kier alpha value is -1.33. The molecule has 21 heavy (non-hydrogen) atoms. The molecule has 1 saturated carbocycles. The second kappa shape index (κ2) is 6.20. The summed E-state index contributed by atoms with van der Waals surface area (Å²) in [6, 6.07) is 7.30. The molecule has 1 aliphatic carbocycles. The topological polar surface area (TPSA) is 47.0 Å². The van der Waals surface area contributed by atoms with E-state index in [-0.39, 0.29) is 0 Å². The van der Waals surface area contributed by atoms with E-state index in [0.29, 0.717) is 22.6 Å². The average molecular weight is 369 g/mol. The molecule has 2 aromatic rings. The standard InChI is InChI=1S/C15H15BrClN3O/c1-2-18-13-8-14(20-15(19-13)9-3-4-9)21-12-6-5-10(16)7-11(12)17/h5-9H,2-4H2,1H3,(H,18,19,20). The Morgan fingerprint density at radius 2 is 2.14 bits per heavy atom. The first-order valence-corrected chi connectivity index (χ1v) is 8.08. The molecule has 0 radical (unpaired) electrons. The third-order valence-electron chi connectivity index (χ3n) is 3.13. The number of benzene rings is 1. The highest BCUT2D eigenvalue weighted by Crippen LogP contribution is 2.40. The summed E-state index contributed by atoms with van der Waals surface area (Å²) >= 11 is 9.56. The van der Waals surface area contributed by atoms with Gasteiger partial charge in [0.2, 0.25) is 5.88 Å². The molecular formula is C15H15BrClN3O. The predicted octanol–water partition coefficient (Wildman–Crippen LogP) is 4.99. The summed E-state index contributed by atoms with van der Waals surface area (Å²) in [6.45, 7) is 2.84. The fourth-order valence-corrected chi connectivity index (χ4v) is 2.67. The van der Waals surface area contributed by atoms with Crippen LogP contribution in [0.25, 0.3) is 0 Å². The van der Waals surface area contributed by atoms with Crippen LogP contribution < -0.4 is 10.1 Å². The van der Waals surface area contributed by atoms with Crippen LogP contribution in [0.2, 0.25) is 5.02 Å². The van der Waals surface area contributed by atoms with Crippen LogP contribution in [-0.4, -0.2) is 16.5 Å². The fourth-order valence-electron chi connectivity index (χ4n) is 1.96. The Labute approximate surface area is 137 Å². The molecule has 4 nitrogen and oxygen atoms in total. The predicted molar refractivity (Wildman–Crippen MR) is 87.4 cm³/mol. The molecule has 6 heteroatoms. The van der Waals surface area contributed by atoms with Gasteiger partial charge in [-0.25, -0.2) is 4.98 Å². The van der Waals surface area contributed by atoms with Crippen LogP contribution in [0.3, 0.4) is 0 Å². The number of anilines is 1. The molecule has 1 N–H and O–H groups in total. The molecule has 1 aromatic carbocycles. The van der Waals surface area contributed by atoms with Gasteiger partial charge in [-0.1, -0.05) is 27.5 Å². The molecule has 0 bridgehead atoms. The number of rotatable bonds is 5.